The number of hydrogen-bond donors (Lipinski definition) is 1. The molecule has 0 spiro atoms. The van der Waals surface area contributed by atoms with Gasteiger partial charge in [0.15, 0.2) is 11.6 Å². The van der Waals surface area contributed by atoms with Gasteiger partial charge in [-0.3, -0.25) is 0 Å². The first kappa shape index (κ1) is 13.8. The van der Waals surface area contributed by atoms with Crippen LogP contribution in [0, 0.1) is 11.6 Å². The van der Waals surface area contributed by atoms with Crippen LogP contribution in [0.5, 0.6) is 0 Å². The van der Waals surface area contributed by atoms with Gasteiger partial charge in [0.2, 0.25) is 0 Å². The fraction of sp³-hybridized carbons (Fsp3) is 0.583. The summed E-state index contributed by atoms with van der Waals surface area (Å²) in [6.45, 7) is 7.63. The molecule has 1 aromatic heterocycles. The van der Waals surface area contributed by atoms with E-state index < -0.39 is 11.6 Å². The van der Waals surface area contributed by atoms with Crippen LogP contribution in [0.15, 0.2) is 12.3 Å². The maximum absolute atomic E-state index is 13.2. The van der Waals surface area contributed by atoms with E-state index in [9.17, 15) is 8.78 Å². The zero-order valence-corrected chi connectivity index (χ0v) is 10.3. The molecule has 1 rings (SSSR count). The van der Waals surface area contributed by atoms with Gasteiger partial charge in [-0.15, -0.1) is 0 Å². The number of nitrogens with zero attached hydrogens (tertiary/aromatic N) is 2. The molecule has 0 saturated heterocycles. The summed E-state index contributed by atoms with van der Waals surface area (Å²) in [5.41, 5.74) is 0. The predicted molar refractivity (Wildman–Crippen MR) is 65.0 cm³/mol. The van der Waals surface area contributed by atoms with Crippen LogP contribution in [-0.4, -0.2) is 36.1 Å². The van der Waals surface area contributed by atoms with Gasteiger partial charge in [-0.2, -0.15) is 0 Å². The Kier molecular flexibility index (Phi) is 5.83. The monoisotopic (exact) mass is 243 g/mol. The van der Waals surface area contributed by atoms with Crippen molar-refractivity contribution in [2.24, 2.45) is 0 Å². The third-order valence-electron chi connectivity index (χ3n) is 2.52. The van der Waals surface area contributed by atoms with Crippen molar-refractivity contribution in [1.82, 2.24) is 9.88 Å². The molecule has 17 heavy (non-hydrogen) atoms. The average Bonchev–Trinajstić information content (AvgIpc) is 2.30. The highest BCUT2D eigenvalue weighted by Crippen LogP contribution is 2.10. The zero-order valence-electron chi connectivity index (χ0n) is 10.3. The summed E-state index contributed by atoms with van der Waals surface area (Å²) in [4.78, 5) is 5.93. The number of hydrogen-bond acceptors (Lipinski definition) is 3. The van der Waals surface area contributed by atoms with E-state index in [-0.39, 0.29) is 5.82 Å². The lowest BCUT2D eigenvalue weighted by atomic mass is 10.4. The van der Waals surface area contributed by atoms with Crippen LogP contribution < -0.4 is 5.32 Å². The summed E-state index contributed by atoms with van der Waals surface area (Å²) in [6.07, 6.45) is 2.10. The number of aromatic nitrogens is 1. The topological polar surface area (TPSA) is 28.2 Å². The number of anilines is 1. The minimum atomic E-state index is -0.658. The van der Waals surface area contributed by atoms with Crippen molar-refractivity contribution in [1.29, 1.82) is 0 Å². The molecule has 1 N–H and O–H groups in total. The molecule has 0 amide bonds. The highest BCUT2D eigenvalue weighted by molar-refractivity contribution is 5.35. The van der Waals surface area contributed by atoms with E-state index in [0.717, 1.165) is 38.3 Å². The number of pyridine rings is 1. The summed E-state index contributed by atoms with van der Waals surface area (Å²) in [6, 6.07) is 0.832. The van der Waals surface area contributed by atoms with Gasteiger partial charge in [-0.25, -0.2) is 13.8 Å². The average molecular weight is 243 g/mol. The predicted octanol–water partition coefficient (Wildman–Crippen LogP) is 2.50. The molecule has 0 aliphatic heterocycles. The largest absolute Gasteiger partial charge is 0.366 e. The molecule has 1 aromatic rings. The molecule has 0 saturated carbocycles. The highest BCUT2D eigenvalue weighted by atomic mass is 19.1. The molecule has 3 nitrogen and oxygen atoms in total. The summed E-state index contributed by atoms with van der Waals surface area (Å²) in [5.74, 6) is -1.20. The Morgan fingerprint density at radius 2 is 2.06 bits per heavy atom. The fourth-order valence-corrected chi connectivity index (χ4v) is 1.62. The van der Waals surface area contributed by atoms with E-state index in [1.807, 2.05) is 0 Å². The minimum Gasteiger partial charge on any atom is -0.366 e. The van der Waals surface area contributed by atoms with E-state index in [4.69, 9.17) is 0 Å². The lowest BCUT2D eigenvalue weighted by Gasteiger charge is -2.19. The Morgan fingerprint density at radius 1 is 1.29 bits per heavy atom. The molecule has 1 heterocycles. The van der Waals surface area contributed by atoms with Crippen molar-refractivity contribution >= 4 is 5.82 Å². The van der Waals surface area contributed by atoms with E-state index >= 15 is 0 Å². The molecule has 0 bridgehead atoms. The zero-order chi connectivity index (χ0) is 12.7. The maximum Gasteiger partial charge on any atom is 0.168 e. The Hall–Kier alpha value is -1.23. The summed E-state index contributed by atoms with van der Waals surface area (Å²) < 4.78 is 25.8. The van der Waals surface area contributed by atoms with Crippen molar-refractivity contribution in [2.45, 2.75) is 20.3 Å². The van der Waals surface area contributed by atoms with Crippen molar-refractivity contribution < 1.29 is 8.78 Å². The third-order valence-corrected chi connectivity index (χ3v) is 2.52. The quantitative estimate of drug-likeness (QED) is 0.797. The molecular formula is C12H19F2N3. The molecule has 0 aromatic carbocycles. The first-order chi connectivity index (χ1) is 8.17. The van der Waals surface area contributed by atoms with Gasteiger partial charge in [-0.05, 0) is 19.5 Å². The molecule has 0 aliphatic rings. The lowest BCUT2D eigenvalue weighted by molar-refractivity contribution is 0.300. The number of rotatable bonds is 7. The van der Waals surface area contributed by atoms with E-state index in [0.29, 0.717) is 6.54 Å². The Morgan fingerprint density at radius 3 is 2.65 bits per heavy atom. The van der Waals surface area contributed by atoms with Gasteiger partial charge in [0, 0.05) is 19.2 Å². The van der Waals surface area contributed by atoms with E-state index in [1.54, 1.807) is 0 Å². The normalized spacial score (nSPS) is 10.9. The smallest absolute Gasteiger partial charge is 0.168 e. The summed E-state index contributed by atoms with van der Waals surface area (Å²) in [7, 11) is 0. The Labute approximate surface area is 101 Å². The number of halogens is 2. The second-order valence-electron chi connectivity index (χ2n) is 3.85. The van der Waals surface area contributed by atoms with Crippen LogP contribution in [0.25, 0.3) is 0 Å². The van der Waals surface area contributed by atoms with Crippen LogP contribution in [0.2, 0.25) is 0 Å². The van der Waals surface area contributed by atoms with Crippen molar-refractivity contribution in [3.8, 4) is 0 Å². The molecule has 96 valence electrons. The van der Waals surface area contributed by atoms with Gasteiger partial charge in [0.25, 0.3) is 0 Å². The molecule has 0 radical (unpaired) electrons. The SMILES string of the molecule is CCCN(CC)CCNc1ncc(F)cc1F. The Balaban J connectivity index is 2.39. The lowest BCUT2D eigenvalue weighted by Crippen LogP contribution is -2.29. The van der Waals surface area contributed by atoms with Crippen LogP contribution >= 0.6 is 0 Å². The number of nitrogens with one attached hydrogen (secondary N) is 1. The van der Waals surface area contributed by atoms with Crippen LogP contribution in [0.4, 0.5) is 14.6 Å². The van der Waals surface area contributed by atoms with Gasteiger partial charge >= 0.3 is 0 Å². The van der Waals surface area contributed by atoms with Crippen molar-refractivity contribution in [2.75, 3.05) is 31.5 Å². The third kappa shape index (κ3) is 4.65. The molecule has 5 heteroatoms. The van der Waals surface area contributed by atoms with E-state index in [2.05, 4.69) is 29.0 Å². The standard InChI is InChI=1S/C12H19F2N3/c1-3-6-17(4-2)7-5-15-12-11(14)8-10(13)9-16-12/h8-9H,3-7H2,1-2H3,(H,15,16). The van der Waals surface area contributed by atoms with Crippen LogP contribution in [-0.2, 0) is 0 Å². The maximum atomic E-state index is 13.2. The molecule has 0 atom stereocenters. The molecular weight excluding hydrogens is 224 g/mol. The Bertz CT molecular complexity index is 345. The summed E-state index contributed by atoms with van der Waals surface area (Å²) >= 11 is 0. The highest BCUT2D eigenvalue weighted by Gasteiger charge is 2.05. The van der Waals surface area contributed by atoms with Gasteiger partial charge in [0.1, 0.15) is 5.82 Å². The molecule has 0 aliphatic carbocycles. The molecule has 0 fully saturated rings. The fourth-order valence-electron chi connectivity index (χ4n) is 1.62. The second-order valence-corrected chi connectivity index (χ2v) is 3.85. The van der Waals surface area contributed by atoms with Gasteiger partial charge in [0.05, 0.1) is 6.20 Å². The van der Waals surface area contributed by atoms with E-state index in [1.165, 1.54) is 0 Å². The first-order valence-electron chi connectivity index (χ1n) is 5.94. The van der Waals surface area contributed by atoms with Crippen LogP contribution in [0.3, 0.4) is 0 Å². The van der Waals surface area contributed by atoms with Gasteiger partial charge in [-0.1, -0.05) is 13.8 Å². The number of likely N-dealkylation sites (N-methyl/N-ethyl adjacent to an activating group) is 1. The van der Waals surface area contributed by atoms with Gasteiger partial charge < -0.3 is 10.2 Å². The second kappa shape index (κ2) is 7.17. The van der Waals surface area contributed by atoms with Crippen molar-refractivity contribution in [3.63, 3.8) is 0 Å². The van der Waals surface area contributed by atoms with Crippen molar-refractivity contribution in [3.05, 3.63) is 23.9 Å². The minimum absolute atomic E-state index is 0.110. The molecule has 0 unspecified atom stereocenters. The first-order valence-corrected chi connectivity index (χ1v) is 5.94. The summed E-state index contributed by atoms with van der Waals surface area (Å²) in [5, 5.41) is 2.87. The van der Waals surface area contributed by atoms with Crippen LogP contribution in [0.1, 0.15) is 20.3 Å².